The molecule has 114 valence electrons. The highest BCUT2D eigenvalue weighted by molar-refractivity contribution is 6.03. The van der Waals surface area contributed by atoms with Crippen molar-refractivity contribution in [2.24, 2.45) is 0 Å². The zero-order valence-corrected chi connectivity index (χ0v) is 12.8. The highest BCUT2D eigenvalue weighted by atomic mass is 16.5. The highest BCUT2D eigenvalue weighted by Gasteiger charge is 2.15. The first-order valence-corrected chi connectivity index (χ1v) is 6.84. The lowest BCUT2D eigenvalue weighted by Gasteiger charge is -2.03. The third kappa shape index (κ3) is 3.84. The maximum absolute atomic E-state index is 12.4. The predicted octanol–water partition coefficient (Wildman–Crippen LogP) is 2.65. The molecule has 23 heavy (non-hydrogen) atoms. The first-order chi connectivity index (χ1) is 11.0. The van der Waals surface area contributed by atoms with E-state index in [2.05, 4.69) is 5.10 Å². The normalized spacial score (nSPS) is 10.7. The molecule has 0 aliphatic carbocycles. The first-order valence-electron chi connectivity index (χ1n) is 6.84. The van der Waals surface area contributed by atoms with E-state index >= 15 is 0 Å². The van der Waals surface area contributed by atoms with Crippen LogP contribution >= 0.6 is 0 Å². The molecule has 0 spiro atoms. The predicted molar refractivity (Wildman–Crippen MR) is 83.5 cm³/mol. The summed E-state index contributed by atoms with van der Waals surface area (Å²) < 4.78 is 6.37. The van der Waals surface area contributed by atoms with Crippen LogP contribution in [0.1, 0.15) is 21.7 Å². The minimum Gasteiger partial charge on any atom is -0.479 e. The van der Waals surface area contributed by atoms with Gasteiger partial charge in [0.05, 0.1) is 5.69 Å². The number of allylic oxidation sites excluding steroid dienone is 1. The van der Waals surface area contributed by atoms with Crippen LogP contribution in [0, 0.1) is 36.5 Å². The zero-order valence-electron chi connectivity index (χ0n) is 12.8. The van der Waals surface area contributed by atoms with Crippen LogP contribution in [0.15, 0.2) is 35.9 Å². The third-order valence-corrected chi connectivity index (χ3v) is 3.05. The van der Waals surface area contributed by atoms with Crippen molar-refractivity contribution < 1.29 is 9.53 Å². The molecule has 2 aromatic rings. The van der Waals surface area contributed by atoms with Crippen LogP contribution < -0.4 is 4.74 Å². The zero-order chi connectivity index (χ0) is 16.8. The third-order valence-electron chi connectivity index (χ3n) is 3.05. The molecule has 0 amide bonds. The summed E-state index contributed by atoms with van der Waals surface area (Å²) in [6.07, 6.45) is 1.49. The Morgan fingerprint density at radius 2 is 2.00 bits per heavy atom. The number of hydrogen-bond acceptors (Lipinski definition) is 5. The van der Waals surface area contributed by atoms with Crippen LogP contribution in [0.2, 0.25) is 0 Å². The minimum atomic E-state index is -0.470. The molecule has 0 aliphatic heterocycles. The Morgan fingerprint density at radius 1 is 1.30 bits per heavy atom. The largest absolute Gasteiger partial charge is 0.479 e. The molecule has 6 nitrogen and oxygen atoms in total. The first kappa shape index (κ1) is 16.0. The lowest BCUT2D eigenvalue weighted by molar-refractivity contribution is 0.0944. The van der Waals surface area contributed by atoms with E-state index in [4.69, 9.17) is 10.00 Å². The molecule has 1 heterocycles. The molecule has 6 heteroatoms. The molecule has 0 radical (unpaired) electrons. The summed E-state index contributed by atoms with van der Waals surface area (Å²) in [5.74, 6) is 0.0787. The topological polar surface area (TPSA) is 91.7 Å². The average Bonchev–Trinajstić information content (AvgIpc) is 2.89. The Labute approximate surface area is 133 Å². The maximum atomic E-state index is 12.4. The Hall–Kier alpha value is -3.38. The van der Waals surface area contributed by atoms with E-state index in [0.717, 1.165) is 0 Å². The van der Waals surface area contributed by atoms with Gasteiger partial charge in [-0.1, -0.05) is 12.1 Å². The Bertz CT molecular complexity index is 833. The van der Waals surface area contributed by atoms with Gasteiger partial charge in [-0.05, 0) is 43.7 Å². The number of nitrogens with zero attached hydrogens (tertiary/aromatic N) is 4. The Morgan fingerprint density at radius 3 is 2.52 bits per heavy atom. The number of hydrogen-bond donors (Lipinski definition) is 0. The molecule has 0 N–H and O–H groups in total. The fraction of sp³-hybridized carbons (Fsp3) is 0.176. The summed E-state index contributed by atoms with van der Waals surface area (Å²) in [7, 11) is 0. The van der Waals surface area contributed by atoms with Gasteiger partial charge in [-0.25, -0.2) is 4.68 Å². The van der Waals surface area contributed by atoms with Crippen molar-refractivity contribution in [3.63, 3.8) is 0 Å². The Balaban J connectivity index is 2.25. The molecule has 0 atom stereocenters. The SMILES string of the molecule is Cc1cc(C)n(C(=O)/C(C#N)=C/c2ccc(OCC#N)cc2)n1. The molecule has 1 aromatic heterocycles. The van der Waals surface area contributed by atoms with E-state index in [1.54, 1.807) is 44.2 Å². The van der Waals surface area contributed by atoms with Gasteiger partial charge in [0, 0.05) is 5.69 Å². The van der Waals surface area contributed by atoms with Gasteiger partial charge in [-0.15, -0.1) is 0 Å². The van der Waals surface area contributed by atoms with Crippen LogP contribution in [0.25, 0.3) is 6.08 Å². The van der Waals surface area contributed by atoms with Crippen molar-refractivity contribution in [2.75, 3.05) is 6.61 Å². The smallest absolute Gasteiger partial charge is 0.289 e. The van der Waals surface area contributed by atoms with Crippen molar-refractivity contribution in [3.8, 4) is 17.9 Å². The van der Waals surface area contributed by atoms with Crippen molar-refractivity contribution in [1.29, 1.82) is 10.5 Å². The fourth-order valence-electron chi connectivity index (χ4n) is 2.03. The lowest BCUT2D eigenvalue weighted by atomic mass is 10.1. The van der Waals surface area contributed by atoms with E-state index in [1.165, 1.54) is 10.8 Å². The van der Waals surface area contributed by atoms with Gasteiger partial charge in [-0.2, -0.15) is 15.6 Å². The summed E-state index contributed by atoms with van der Waals surface area (Å²) in [6.45, 7) is 3.51. The van der Waals surface area contributed by atoms with Gasteiger partial charge in [0.25, 0.3) is 5.91 Å². The van der Waals surface area contributed by atoms with E-state index in [1.807, 2.05) is 12.1 Å². The van der Waals surface area contributed by atoms with Crippen molar-refractivity contribution in [3.05, 3.63) is 52.9 Å². The summed E-state index contributed by atoms with van der Waals surface area (Å²) in [5.41, 5.74) is 2.06. The van der Waals surface area contributed by atoms with Gasteiger partial charge in [0.15, 0.2) is 6.61 Å². The molecule has 2 rings (SSSR count). The second kappa shape index (κ2) is 7.06. The number of ether oxygens (including phenoxy) is 1. The fourth-order valence-corrected chi connectivity index (χ4v) is 2.03. The standard InChI is InChI=1S/C17H14N4O2/c1-12-9-13(2)21(20-12)17(22)15(11-19)10-14-3-5-16(6-4-14)23-8-7-18/h3-6,9-10H,8H2,1-2H3/b15-10+. The average molecular weight is 306 g/mol. The van der Waals surface area contributed by atoms with Crippen LogP contribution in [0.4, 0.5) is 0 Å². The van der Waals surface area contributed by atoms with Crippen molar-refractivity contribution in [2.45, 2.75) is 13.8 Å². The van der Waals surface area contributed by atoms with Gasteiger partial charge < -0.3 is 4.74 Å². The van der Waals surface area contributed by atoms with Crippen LogP contribution in [-0.2, 0) is 0 Å². The van der Waals surface area contributed by atoms with E-state index < -0.39 is 5.91 Å². The highest BCUT2D eigenvalue weighted by Crippen LogP contribution is 2.15. The van der Waals surface area contributed by atoms with E-state index in [-0.39, 0.29) is 12.2 Å². The lowest BCUT2D eigenvalue weighted by Crippen LogP contribution is -2.15. The molecule has 0 aliphatic rings. The summed E-state index contributed by atoms with van der Waals surface area (Å²) in [6, 6.07) is 12.3. The van der Waals surface area contributed by atoms with E-state index in [9.17, 15) is 10.1 Å². The van der Waals surface area contributed by atoms with Crippen LogP contribution in [0.5, 0.6) is 5.75 Å². The Kier molecular flexibility index (Phi) is 4.91. The van der Waals surface area contributed by atoms with Gasteiger partial charge >= 0.3 is 0 Å². The molecular formula is C17H14N4O2. The number of carbonyl (C=O) groups is 1. The molecule has 0 saturated carbocycles. The van der Waals surface area contributed by atoms with Crippen molar-refractivity contribution in [1.82, 2.24) is 9.78 Å². The molecule has 0 bridgehead atoms. The summed E-state index contributed by atoms with van der Waals surface area (Å²) >= 11 is 0. The number of benzene rings is 1. The molecule has 1 aromatic carbocycles. The summed E-state index contributed by atoms with van der Waals surface area (Å²) in [4.78, 5) is 12.4. The summed E-state index contributed by atoms with van der Waals surface area (Å²) in [5, 5.41) is 21.8. The monoisotopic (exact) mass is 306 g/mol. The number of carbonyl (C=O) groups excluding carboxylic acids is 1. The quantitative estimate of drug-likeness (QED) is 0.639. The second-order valence-corrected chi connectivity index (χ2v) is 4.83. The van der Waals surface area contributed by atoms with Crippen LogP contribution in [0.3, 0.4) is 0 Å². The van der Waals surface area contributed by atoms with Gasteiger partial charge in [0.1, 0.15) is 23.5 Å². The molecule has 0 saturated heterocycles. The van der Waals surface area contributed by atoms with Crippen molar-refractivity contribution >= 4 is 12.0 Å². The van der Waals surface area contributed by atoms with E-state index in [0.29, 0.717) is 22.7 Å². The molecule has 0 fully saturated rings. The van der Waals surface area contributed by atoms with Gasteiger partial charge in [-0.3, -0.25) is 4.79 Å². The van der Waals surface area contributed by atoms with Crippen LogP contribution in [-0.4, -0.2) is 22.3 Å². The van der Waals surface area contributed by atoms with Gasteiger partial charge in [0.2, 0.25) is 0 Å². The number of aromatic nitrogens is 2. The second-order valence-electron chi connectivity index (χ2n) is 4.83. The maximum Gasteiger partial charge on any atom is 0.289 e. The number of rotatable bonds is 4. The minimum absolute atomic E-state index is 0.0121. The number of aryl methyl sites for hydroxylation is 2. The molecular weight excluding hydrogens is 292 g/mol. The number of nitriles is 2. The molecule has 0 unspecified atom stereocenters.